The maximum Gasteiger partial charge on any atom is 0.165 e. The summed E-state index contributed by atoms with van der Waals surface area (Å²) in [5, 5.41) is 14.8. The number of anilines is 1. The highest BCUT2D eigenvalue weighted by atomic mass is 35.5. The van der Waals surface area contributed by atoms with Crippen LogP contribution in [-0.2, 0) is 0 Å². The number of rotatable bonds is 5. The van der Waals surface area contributed by atoms with E-state index in [0.29, 0.717) is 28.8 Å². The lowest BCUT2D eigenvalue weighted by atomic mass is 10.1. The molecule has 0 bridgehead atoms. The Morgan fingerprint density at radius 3 is 2.79 bits per heavy atom. The number of nitrogens with two attached hydrogens (primary N) is 1. The van der Waals surface area contributed by atoms with Crippen LogP contribution in [0.4, 0.5) is 5.82 Å². The third-order valence-electron chi connectivity index (χ3n) is 3.86. The second-order valence-electron chi connectivity index (χ2n) is 5.62. The number of hydrogen-bond acceptors (Lipinski definition) is 5. The van der Waals surface area contributed by atoms with E-state index in [1.54, 1.807) is 12.1 Å². The zero-order valence-corrected chi connectivity index (χ0v) is 14.1. The number of halogens is 1. The van der Waals surface area contributed by atoms with E-state index in [9.17, 15) is 5.11 Å². The van der Waals surface area contributed by atoms with Crippen LogP contribution in [0, 0.1) is 0 Å². The highest BCUT2D eigenvalue weighted by Gasteiger charge is 2.13. The van der Waals surface area contributed by atoms with Gasteiger partial charge in [-0.3, -0.25) is 0 Å². The second kappa shape index (κ2) is 7.03. The van der Waals surface area contributed by atoms with Gasteiger partial charge in [-0.05, 0) is 36.8 Å². The number of hydrogen-bond donors (Lipinski definition) is 3. The van der Waals surface area contributed by atoms with Crippen molar-refractivity contribution in [3.63, 3.8) is 0 Å². The molecule has 3 rings (SSSR count). The number of phenols is 1. The first-order valence-corrected chi connectivity index (χ1v) is 8.21. The summed E-state index contributed by atoms with van der Waals surface area (Å²) < 4.78 is 0. The van der Waals surface area contributed by atoms with E-state index in [4.69, 9.17) is 17.3 Å². The van der Waals surface area contributed by atoms with Crippen molar-refractivity contribution in [3.05, 3.63) is 47.5 Å². The quantitative estimate of drug-likeness (QED) is 0.656. The zero-order chi connectivity index (χ0) is 17.1. The van der Waals surface area contributed by atoms with Gasteiger partial charge in [0.2, 0.25) is 0 Å². The average molecular weight is 343 g/mol. The standard InChI is InChI=1S/C18H19ClN4O/c1-2-12(20)10-21-17-13-5-3-4-6-15(13)22-18(23-17)14-9-11(19)7-8-16(14)24/h3-9,12,24H,2,10,20H2,1H3,(H,21,22,23)/t12-/m0/s1. The minimum Gasteiger partial charge on any atom is -0.507 e. The number of nitrogens with one attached hydrogen (secondary N) is 1. The molecule has 0 amide bonds. The smallest absolute Gasteiger partial charge is 0.165 e. The van der Waals surface area contributed by atoms with Crippen molar-refractivity contribution in [2.24, 2.45) is 5.73 Å². The maximum atomic E-state index is 10.1. The SMILES string of the molecule is CC[C@H](N)CNc1nc(-c2cc(Cl)ccc2O)nc2ccccc12. The molecule has 0 fully saturated rings. The molecule has 2 aromatic carbocycles. The van der Waals surface area contributed by atoms with Crippen molar-refractivity contribution in [1.29, 1.82) is 0 Å². The third kappa shape index (κ3) is 3.42. The van der Waals surface area contributed by atoms with Crippen LogP contribution in [-0.4, -0.2) is 27.7 Å². The highest BCUT2D eigenvalue weighted by molar-refractivity contribution is 6.30. The number of aromatic nitrogens is 2. The van der Waals surface area contributed by atoms with Crippen molar-refractivity contribution < 1.29 is 5.11 Å². The van der Waals surface area contributed by atoms with Crippen molar-refractivity contribution in [3.8, 4) is 17.1 Å². The summed E-state index contributed by atoms with van der Waals surface area (Å²) in [6.45, 7) is 2.65. The van der Waals surface area contributed by atoms with E-state index in [-0.39, 0.29) is 11.8 Å². The monoisotopic (exact) mass is 342 g/mol. The van der Waals surface area contributed by atoms with Crippen LogP contribution in [0.3, 0.4) is 0 Å². The molecule has 1 atom stereocenters. The van der Waals surface area contributed by atoms with E-state index in [1.165, 1.54) is 6.07 Å². The molecule has 0 radical (unpaired) electrons. The summed E-state index contributed by atoms with van der Waals surface area (Å²) in [5.41, 5.74) is 7.28. The molecule has 0 aliphatic rings. The maximum absolute atomic E-state index is 10.1. The van der Waals surface area contributed by atoms with Gasteiger partial charge >= 0.3 is 0 Å². The Balaban J connectivity index is 2.11. The van der Waals surface area contributed by atoms with E-state index in [1.807, 2.05) is 31.2 Å². The van der Waals surface area contributed by atoms with Crippen LogP contribution in [0.5, 0.6) is 5.75 Å². The molecule has 0 aliphatic heterocycles. The van der Waals surface area contributed by atoms with Gasteiger partial charge in [-0.15, -0.1) is 0 Å². The molecule has 1 aromatic heterocycles. The fraction of sp³-hybridized carbons (Fsp3) is 0.222. The second-order valence-corrected chi connectivity index (χ2v) is 6.06. The molecule has 4 N–H and O–H groups in total. The molecule has 24 heavy (non-hydrogen) atoms. The third-order valence-corrected chi connectivity index (χ3v) is 4.09. The molecule has 5 nitrogen and oxygen atoms in total. The Bertz CT molecular complexity index is 869. The van der Waals surface area contributed by atoms with Gasteiger partial charge in [-0.25, -0.2) is 9.97 Å². The van der Waals surface area contributed by atoms with Crippen molar-refractivity contribution in [2.75, 3.05) is 11.9 Å². The van der Waals surface area contributed by atoms with Crippen LogP contribution >= 0.6 is 11.6 Å². The van der Waals surface area contributed by atoms with Gasteiger partial charge in [-0.2, -0.15) is 0 Å². The number of fused-ring (bicyclic) bond motifs is 1. The lowest BCUT2D eigenvalue weighted by Crippen LogP contribution is -2.28. The Morgan fingerprint density at radius 1 is 1.21 bits per heavy atom. The van der Waals surface area contributed by atoms with Gasteiger partial charge in [0.15, 0.2) is 5.82 Å². The van der Waals surface area contributed by atoms with Crippen LogP contribution in [0.15, 0.2) is 42.5 Å². The summed E-state index contributed by atoms with van der Waals surface area (Å²) in [6.07, 6.45) is 0.873. The first kappa shape index (κ1) is 16.5. The van der Waals surface area contributed by atoms with Crippen LogP contribution in [0.1, 0.15) is 13.3 Å². The first-order valence-electron chi connectivity index (χ1n) is 7.83. The zero-order valence-electron chi connectivity index (χ0n) is 13.3. The predicted molar refractivity (Wildman–Crippen MR) is 98.4 cm³/mol. The Morgan fingerprint density at radius 2 is 2.00 bits per heavy atom. The molecule has 1 heterocycles. The van der Waals surface area contributed by atoms with Gasteiger partial charge in [0, 0.05) is 23.0 Å². The van der Waals surface area contributed by atoms with E-state index in [0.717, 1.165) is 17.3 Å². The number of para-hydroxylation sites is 1. The van der Waals surface area contributed by atoms with Gasteiger partial charge in [0.1, 0.15) is 11.6 Å². The van der Waals surface area contributed by atoms with Crippen molar-refractivity contribution >= 4 is 28.3 Å². The highest BCUT2D eigenvalue weighted by Crippen LogP contribution is 2.32. The molecule has 0 spiro atoms. The molecule has 0 saturated heterocycles. The number of nitrogens with zero attached hydrogens (tertiary/aromatic N) is 2. The Labute approximate surface area is 145 Å². The summed E-state index contributed by atoms with van der Waals surface area (Å²) in [7, 11) is 0. The minimum absolute atomic E-state index is 0.0433. The number of phenolic OH excluding ortho intramolecular Hbond substituents is 1. The molecular weight excluding hydrogens is 324 g/mol. The van der Waals surface area contributed by atoms with Crippen LogP contribution < -0.4 is 11.1 Å². The molecule has 0 unspecified atom stereocenters. The van der Waals surface area contributed by atoms with E-state index >= 15 is 0 Å². The van der Waals surface area contributed by atoms with E-state index in [2.05, 4.69) is 15.3 Å². The van der Waals surface area contributed by atoms with E-state index < -0.39 is 0 Å². The fourth-order valence-electron chi connectivity index (χ4n) is 2.39. The molecule has 0 aliphatic carbocycles. The Hall–Kier alpha value is -2.37. The van der Waals surface area contributed by atoms with Gasteiger partial charge in [0.05, 0.1) is 11.1 Å². The molecule has 3 aromatic rings. The van der Waals surface area contributed by atoms with Gasteiger partial charge in [-0.1, -0.05) is 30.7 Å². The lowest BCUT2D eigenvalue weighted by molar-refractivity contribution is 0.477. The number of aromatic hydroxyl groups is 1. The summed E-state index contributed by atoms with van der Waals surface area (Å²) >= 11 is 6.05. The largest absolute Gasteiger partial charge is 0.507 e. The molecular formula is C18H19ClN4O. The number of benzene rings is 2. The average Bonchev–Trinajstić information content (AvgIpc) is 2.61. The van der Waals surface area contributed by atoms with Crippen molar-refractivity contribution in [1.82, 2.24) is 9.97 Å². The summed E-state index contributed by atoms with van der Waals surface area (Å²) in [6, 6.07) is 12.6. The van der Waals surface area contributed by atoms with Gasteiger partial charge < -0.3 is 16.2 Å². The molecule has 124 valence electrons. The normalized spacial score (nSPS) is 12.3. The Kier molecular flexibility index (Phi) is 4.83. The van der Waals surface area contributed by atoms with Gasteiger partial charge in [0.25, 0.3) is 0 Å². The van der Waals surface area contributed by atoms with Crippen LogP contribution in [0.25, 0.3) is 22.3 Å². The topological polar surface area (TPSA) is 84.1 Å². The van der Waals surface area contributed by atoms with Crippen LogP contribution in [0.2, 0.25) is 5.02 Å². The van der Waals surface area contributed by atoms with Crippen molar-refractivity contribution in [2.45, 2.75) is 19.4 Å². The minimum atomic E-state index is 0.0433. The first-order chi connectivity index (χ1) is 11.6. The summed E-state index contributed by atoms with van der Waals surface area (Å²) in [5.74, 6) is 1.20. The summed E-state index contributed by atoms with van der Waals surface area (Å²) in [4.78, 5) is 9.14. The molecule has 6 heteroatoms. The molecule has 0 saturated carbocycles. The fourth-order valence-corrected chi connectivity index (χ4v) is 2.56. The lowest BCUT2D eigenvalue weighted by Gasteiger charge is -2.14. The predicted octanol–water partition coefficient (Wildman–Crippen LogP) is 3.81.